The second kappa shape index (κ2) is 4.67. The molecule has 0 bridgehead atoms. The molecule has 0 unspecified atom stereocenters. The summed E-state index contributed by atoms with van der Waals surface area (Å²) < 4.78 is 25.3. The number of nitrogens with zero attached hydrogens (tertiary/aromatic N) is 2. The number of nitrogens with two attached hydrogens (primary N) is 1. The molecule has 0 aliphatic heterocycles. The quantitative estimate of drug-likeness (QED) is 0.712. The van der Waals surface area contributed by atoms with Crippen LogP contribution in [0.2, 0.25) is 0 Å². The van der Waals surface area contributed by atoms with Crippen LogP contribution in [0.5, 0.6) is 0 Å². The fourth-order valence-electron chi connectivity index (χ4n) is 0.774. The first kappa shape index (κ1) is 11.3. The molecular formula is C6H12N4O2S2. The number of nitrogens with one attached hydrogen (secondary N) is 1. The molecule has 0 fully saturated rings. The molecule has 1 heterocycles. The van der Waals surface area contributed by atoms with Gasteiger partial charge in [0.15, 0.2) is 0 Å². The maximum absolute atomic E-state index is 11.5. The van der Waals surface area contributed by atoms with Crippen molar-refractivity contribution in [1.82, 2.24) is 14.9 Å². The highest BCUT2D eigenvalue weighted by Crippen LogP contribution is 2.16. The van der Waals surface area contributed by atoms with Crippen molar-refractivity contribution in [2.75, 3.05) is 12.3 Å². The molecule has 0 aliphatic rings. The second-order valence-corrected chi connectivity index (χ2v) is 5.61. The van der Waals surface area contributed by atoms with E-state index in [-0.39, 0.29) is 9.47 Å². The number of hydrogen-bond donors (Lipinski definition) is 2. The van der Waals surface area contributed by atoms with E-state index in [2.05, 4.69) is 14.9 Å². The monoisotopic (exact) mass is 236 g/mol. The first-order valence-electron chi connectivity index (χ1n) is 4.15. The van der Waals surface area contributed by atoms with Crippen LogP contribution in [0.3, 0.4) is 0 Å². The van der Waals surface area contributed by atoms with Gasteiger partial charge in [-0.3, -0.25) is 0 Å². The van der Waals surface area contributed by atoms with Crippen LogP contribution in [0.15, 0.2) is 4.34 Å². The summed E-state index contributed by atoms with van der Waals surface area (Å²) in [7, 11) is -3.50. The van der Waals surface area contributed by atoms with Crippen molar-refractivity contribution >= 4 is 26.5 Å². The van der Waals surface area contributed by atoms with Gasteiger partial charge in [-0.1, -0.05) is 24.7 Å². The zero-order chi connectivity index (χ0) is 10.6. The summed E-state index contributed by atoms with van der Waals surface area (Å²) in [5.74, 6) is 0. The van der Waals surface area contributed by atoms with Crippen LogP contribution in [0.25, 0.3) is 0 Å². The molecule has 14 heavy (non-hydrogen) atoms. The van der Waals surface area contributed by atoms with Gasteiger partial charge in [0.25, 0.3) is 10.0 Å². The number of anilines is 1. The minimum atomic E-state index is -3.50. The van der Waals surface area contributed by atoms with Crippen molar-refractivity contribution in [3.05, 3.63) is 0 Å². The lowest BCUT2D eigenvalue weighted by molar-refractivity contribution is 0.576. The topological polar surface area (TPSA) is 98.0 Å². The molecule has 0 spiro atoms. The van der Waals surface area contributed by atoms with Crippen LogP contribution >= 0.6 is 11.3 Å². The van der Waals surface area contributed by atoms with E-state index >= 15 is 0 Å². The van der Waals surface area contributed by atoms with Gasteiger partial charge in [0.2, 0.25) is 9.47 Å². The van der Waals surface area contributed by atoms with Gasteiger partial charge in [-0.05, 0) is 6.42 Å². The third-order valence-electron chi connectivity index (χ3n) is 1.47. The summed E-state index contributed by atoms with van der Waals surface area (Å²) in [5, 5.41) is 7.05. The zero-order valence-corrected chi connectivity index (χ0v) is 9.36. The lowest BCUT2D eigenvalue weighted by Gasteiger charge is -2.00. The van der Waals surface area contributed by atoms with Gasteiger partial charge in [0.1, 0.15) is 0 Å². The van der Waals surface area contributed by atoms with Gasteiger partial charge in [-0.15, -0.1) is 10.2 Å². The molecule has 1 rings (SSSR count). The minimum absolute atomic E-state index is 0.0777. The predicted molar refractivity (Wildman–Crippen MR) is 54.4 cm³/mol. The van der Waals surface area contributed by atoms with Crippen molar-refractivity contribution in [1.29, 1.82) is 0 Å². The number of unbranched alkanes of at least 4 members (excludes halogenated alkanes) is 1. The lowest BCUT2D eigenvalue weighted by Crippen LogP contribution is -2.24. The molecule has 0 atom stereocenters. The van der Waals surface area contributed by atoms with E-state index in [1.54, 1.807) is 0 Å². The second-order valence-electron chi connectivity index (χ2n) is 2.66. The van der Waals surface area contributed by atoms with E-state index in [1.807, 2.05) is 6.92 Å². The van der Waals surface area contributed by atoms with Gasteiger partial charge in [-0.2, -0.15) is 0 Å². The van der Waals surface area contributed by atoms with E-state index in [0.717, 1.165) is 24.2 Å². The van der Waals surface area contributed by atoms with Crippen LogP contribution in [0.4, 0.5) is 5.13 Å². The molecule has 1 aromatic rings. The van der Waals surface area contributed by atoms with E-state index < -0.39 is 10.0 Å². The highest BCUT2D eigenvalue weighted by molar-refractivity contribution is 7.91. The Labute approximate surface area is 86.6 Å². The molecule has 80 valence electrons. The molecule has 0 amide bonds. The Morgan fingerprint density at radius 1 is 1.50 bits per heavy atom. The molecule has 8 heteroatoms. The van der Waals surface area contributed by atoms with Crippen molar-refractivity contribution < 1.29 is 8.42 Å². The normalized spacial score (nSPS) is 11.8. The fraction of sp³-hybridized carbons (Fsp3) is 0.667. The van der Waals surface area contributed by atoms with E-state index in [4.69, 9.17) is 5.73 Å². The van der Waals surface area contributed by atoms with E-state index in [1.165, 1.54) is 0 Å². The number of rotatable bonds is 5. The van der Waals surface area contributed by atoms with Crippen LogP contribution in [0, 0.1) is 0 Å². The van der Waals surface area contributed by atoms with Crippen molar-refractivity contribution in [2.24, 2.45) is 0 Å². The molecule has 0 radical (unpaired) electrons. The first-order chi connectivity index (χ1) is 6.56. The Morgan fingerprint density at radius 3 is 2.71 bits per heavy atom. The van der Waals surface area contributed by atoms with Crippen LogP contribution in [-0.4, -0.2) is 25.2 Å². The summed E-state index contributed by atoms with van der Waals surface area (Å²) in [6.07, 6.45) is 1.73. The Kier molecular flexibility index (Phi) is 3.78. The smallest absolute Gasteiger partial charge is 0.269 e. The summed E-state index contributed by atoms with van der Waals surface area (Å²) >= 11 is 0.858. The van der Waals surface area contributed by atoms with Gasteiger partial charge in [0.05, 0.1) is 0 Å². The SMILES string of the molecule is CCCCNS(=O)(=O)c1nnc(N)s1. The average molecular weight is 236 g/mol. The van der Waals surface area contributed by atoms with Gasteiger partial charge in [-0.25, -0.2) is 13.1 Å². The molecule has 1 aromatic heterocycles. The van der Waals surface area contributed by atoms with Crippen LogP contribution < -0.4 is 10.5 Å². The third kappa shape index (κ3) is 2.89. The van der Waals surface area contributed by atoms with Crippen molar-refractivity contribution in [2.45, 2.75) is 24.1 Å². The summed E-state index contributed by atoms with van der Waals surface area (Å²) in [5.41, 5.74) is 5.28. The third-order valence-corrected chi connectivity index (χ3v) is 4.06. The highest BCUT2D eigenvalue weighted by atomic mass is 32.2. The lowest BCUT2D eigenvalue weighted by atomic mass is 10.3. The molecule has 0 aromatic carbocycles. The molecule has 0 saturated heterocycles. The molecule has 3 N–H and O–H groups in total. The Morgan fingerprint density at radius 2 is 2.21 bits per heavy atom. The van der Waals surface area contributed by atoms with Crippen LogP contribution in [0.1, 0.15) is 19.8 Å². The maximum atomic E-state index is 11.5. The zero-order valence-electron chi connectivity index (χ0n) is 7.73. The number of sulfonamides is 1. The molecule has 6 nitrogen and oxygen atoms in total. The number of aromatic nitrogens is 2. The number of hydrogen-bond acceptors (Lipinski definition) is 6. The Balaban J connectivity index is 2.66. The largest absolute Gasteiger partial charge is 0.374 e. The highest BCUT2D eigenvalue weighted by Gasteiger charge is 2.18. The summed E-state index contributed by atoms with van der Waals surface area (Å²) in [4.78, 5) is 0. The average Bonchev–Trinajstić information content (AvgIpc) is 2.53. The maximum Gasteiger partial charge on any atom is 0.269 e. The van der Waals surface area contributed by atoms with Crippen molar-refractivity contribution in [3.8, 4) is 0 Å². The number of nitrogen functional groups attached to an aromatic ring is 1. The summed E-state index contributed by atoms with van der Waals surface area (Å²) in [6, 6.07) is 0. The fourth-order valence-corrected chi connectivity index (χ4v) is 2.67. The standard InChI is InChI=1S/C6H12N4O2S2/c1-2-3-4-8-14(11,12)6-10-9-5(7)13-6/h8H,2-4H2,1H3,(H2,7,9). The van der Waals surface area contributed by atoms with Crippen molar-refractivity contribution in [3.63, 3.8) is 0 Å². The Bertz CT molecular complexity index is 386. The molecular weight excluding hydrogens is 224 g/mol. The summed E-state index contributed by atoms with van der Waals surface area (Å²) in [6.45, 7) is 2.40. The van der Waals surface area contributed by atoms with Crippen LogP contribution in [-0.2, 0) is 10.0 Å². The minimum Gasteiger partial charge on any atom is -0.374 e. The Hall–Kier alpha value is -0.730. The van der Waals surface area contributed by atoms with Gasteiger partial charge < -0.3 is 5.73 Å². The van der Waals surface area contributed by atoms with E-state index in [9.17, 15) is 8.42 Å². The predicted octanol–water partition coefficient (Wildman–Crippen LogP) is 0.199. The van der Waals surface area contributed by atoms with Gasteiger partial charge >= 0.3 is 0 Å². The molecule has 0 saturated carbocycles. The first-order valence-corrected chi connectivity index (χ1v) is 6.45. The molecule has 0 aliphatic carbocycles. The van der Waals surface area contributed by atoms with E-state index in [0.29, 0.717) is 6.54 Å². The van der Waals surface area contributed by atoms with Gasteiger partial charge in [0, 0.05) is 6.54 Å².